The van der Waals surface area contributed by atoms with Crippen LogP contribution in [0.3, 0.4) is 0 Å². The molecule has 2 aromatic heterocycles. The molecule has 2 rings (SSSR count). The summed E-state index contributed by atoms with van der Waals surface area (Å²) >= 11 is 0. The molecule has 2 aromatic rings. The summed E-state index contributed by atoms with van der Waals surface area (Å²) < 4.78 is 45.4. The van der Waals surface area contributed by atoms with Crippen LogP contribution in [-0.4, -0.2) is 21.2 Å². The van der Waals surface area contributed by atoms with Crippen molar-refractivity contribution in [2.75, 3.05) is 0 Å². The zero-order valence-electron chi connectivity index (χ0n) is 9.72. The van der Waals surface area contributed by atoms with Gasteiger partial charge in [-0.2, -0.15) is 18.2 Å². The van der Waals surface area contributed by atoms with Crippen LogP contribution in [0.2, 0.25) is 0 Å². The predicted octanol–water partition coefficient (Wildman–Crippen LogP) is 1.75. The van der Waals surface area contributed by atoms with Crippen molar-refractivity contribution in [3.63, 3.8) is 0 Å². The van der Waals surface area contributed by atoms with E-state index in [1.165, 1.54) is 18.3 Å². The second kappa shape index (κ2) is 5.15. The maximum absolute atomic E-state index is 12.3. The highest BCUT2D eigenvalue weighted by molar-refractivity contribution is 5.64. The van der Waals surface area contributed by atoms with Crippen molar-refractivity contribution in [3.05, 3.63) is 29.8 Å². The predicted molar refractivity (Wildman–Crippen MR) is 56.9 cm³/mol. The number of hydrogen-bond acceptors (Lipinski definition) is 6. The number of nitrogens with zero attached hydrogens (tertiary/aromatic N) is 3. The van der Waals surface area contributed by atoms with Crippen LogP contribution in [0.5, 0.6) is 0 Å². The Morgan fingerprint density at radius 1 is 1.40 bits per heavy atom. The maximum Gasteiger partial charge on any atom is 0.471 e. The van der Waals surface area contributed by atoms with Gasteiger partial charge < -0.3 is 15.0 Å². The molecule has 2 N–H and O–H groups in total. The molecular formula is C10H7F3N4O3. The Bertz CT molecular complexity index is 609. The van der Waals surface area contributed by atoms with Crippen molar-refractivity contribution >= 4 is 6.09 Å². The van der Waals surface area contributed by atoms with Crippen molar-refractivity contribution in [1.29, 1.82) is 0 Å². The number of aromatic nitrogens is 3. The highest BCUT2D eigenvalue weighted by atomic mass is 19.4. The molecule has 0 aliphatic rings. The van der Waals surface area contributed by atoms with Crippen molar-refractivity contribution < 1.29 is 27.2 Å². The molecule has 0 unspecified atom stereocenters. The summed E-state index contributed by atoms with van der Waals surface area (Å²) in [6.45, 7) is -0.0946. The molecule has 0 aliphatic carbocycles. The average molecular weight is 288 g/mol. The molecule has 0 fully saturated rings. The lowest BCUT2D eigenvalue weighted by atomic mass is 10.2. The van der Waals surface area contributed by atoms with Crippen molar-refractivity contribution in [3.8, 4) is 11.5 Å². The van der Waals surface area contributed by atoms with E-state index in [9.17, 15) is 18.0 Å². The lowest BCUT2D eigenvalue weighted by Crippen LogP contribution is -2.12. The molecule has 10 heteroatoms. The highest BCUT2D eigenvalue weighted by Gasteiger charge is 2.38. The molecule has 0 saturated carbocycles. The Hall–Kier alpha value is -2.65. The lowest BCUT2D eigenvalue weighted by Gasteiger charge is -2.01. The Morgan fingerprint density at radius 2 is 2.15 bits per heavy atom. The first kappa shape index (κ1) is 13.8. The van der Waals surface area contributed by atoms with E-state index in [2.05, 4.69) is 24.4 Å². The van der Waals surface area contributed by atoms with E-state index < -0.39 is 18.2 Å². The molecule has 0 aromatic carbocycles. The van der Waals surface area contributed by atoms with Gasteiger partial charge in [0.2, 0.25) is 5.82 Å². The van der Waals surface area contributed by atoms with Gasteiger partial charge in [0, 0.05) is 11.8 Å². The number of amides is 1. The monoisotopic (exact) mass is 288 g/mol. The lowest BCUT2D eigenvalue weighted by molar-refractivity contribution is -0.159. The third-order valence-electron chi connectivity index (χ3n) is 2.10. The Kier molecular flexibility index (Phi) is 3.55. The number of rotatable bonds is 3. The van der Waals surface area contributed by atoms with Crippen LogP contribution in [0.4, 0.5) is 18.0 Å². The minimum absolute atomic E-state index is 0.0899. The third-order valence-corrected chi connectivity index (χ3v) is 2.10. The van der Waals surface area contributed by atoms with Gasteiger partial charge in [-0.1, -0.05) is 11.2 Å². The molecule has 0 saturated heterocycles. The van der Waals surface area contributed by atoms with E-state index in [0.29, 0.717) is 5.56 Å². The van der Waals surface area contributed by atoms with Gasteiger partial charge in [-0.3, -0.25) is 4.98 Å². The van der Waals surface area contributed by atoms with Crippen molar-refractivity contribution in [2.24, 2.45) is 5.73 Å². The molecular weight excluding hydrogens is 281 g/mol. The number of nitrogens with two attached hydrogens (primary N) is 1. The van der Waals surface area contributed by atoms with Gasteiger partial charge in [-0.25, -0.2) is 4.79 Å². The largest absolute Gasteiger partial charge is 0.471 e. The normalized spacial score (nSPS) is 11.3. The fourth-order valence-corrected chi connectivity index (χ4v) is 1.24. The number of ether oxygens (including phenoxy) is 1. The van der Waals surface area contributed by atoms with E-state index in [-0.39, 0.29) is 18.1 Å². The van der Waals surface area contributed by atoms with E-state index in [1.807, 2.05) is 0 Å². The van der Waals surface area contributed by atoms with Crippen LogP contribution in [0.25, 0.3) is 11.5 Å². The van der Waals surface area contributed by atoms with Crippen LogP contribution in [-0.2, 0) is 17.5 Å². The van der Waals surface area contributed by atoms with E-state index in [0.717, 1.165) is 0 Å². The summed E-state index contributed by atoms with van der Waals surface area (Å²) in [4.78, 5) is 17.4. The fraction of sp³-hybridized carbons (Fsp3) is 0.200. The molecule has 0 radical (unpaired) electrons. The smallest absolute Gasteiger partial charge is 0.445 e. The number of alkyl halides is 3. The molecule has 7 nitrogen and oxygen atoms in total. The first-order valence-electron chi connectivity index (χ1n) is 5.14. The summed E-state index contributed by atoms with van der Waals surface area (Å²) in [5, 5.41) is 3.18. The van der Waals surface area contributed by atoms with E-state index >= 15 is 0 Å². The zero-order valence-corrected chi connectivity index (χ0v) is 9.72. The number of carbonyl (C=O) groups is 1. The van der Waals surface area contributed by atoms with Gasteiger partial charge in [0.05, 0.1) is 0 Å². The molecule has 0 aliphatic heterocycles. The molecule has 0 bridgehead atoms. The highest BCUT2D eigenvalue weighted by Crippen LogP contribution is 2.28. The molecule has 0 spiro atoms. The van der Waals surface area contributed by atoms with Crippen molar-refractivity contribution in [1.82, 2.24) is 15.1 Å². The summed E-state index contributed by atoms with van der Waals surface area (Å²) in [5.74, 6) is -1.74. The van der Waals surface area contributed by atoms with Crippen LogP contribution in [0, 0.1) is 0 Å². The quantitative estimate of drug-likeness (QED) is 0.922. The minimum Gasteiger partial charge on any atom is -0.445 e. The molecule has 1 amide bonds. The Balaban J connectivity index is 2.14. The second-order valence-corrected chi connectivity index (χ2v) is 3.58. The Morgan fingerprint density at radius 3 is 2.65 bits per heavy atom. The van der Waals surface area contributed by atoms with Crippen LogP contribution >= 0.6 is 0 Å². The van der Waals surface area contributed by atoms with Gasteiger partial charge in [-0.05, 0) is 6.07 Å². The number of hydrogen-bond donors (Lipinski definition) is 1. The van der Waals surface area contributed by atoms with Crippen LogP contribution in [0.1, 0.15) is 11.5 Å². The van der Waals surface area contributed by atoms with E-state index in [4.69, 9.17) is 5.73 Å². The van der Waals surface area contributed by atoms with Gasteiger partial charge in [0.1, 0.15) is 12.3 Å². The number of carbonyl (C=O) groups excluding carboxylic acids is 1. The van der Waals surface area contributed by atoms with Gasteiger partial charge in [0.15, 0.2) is 0 Å². The minimum atomic E-state index is -4.71. The number of halogens is 3. The second-order valence-electron chi connectivity index (χ2n) is 3.58. The van der Waals surface area contributed by atoms with Crippen molar-refractivity contribution in [2.45, 2.75) is 12.8 Å². The Labute approximate surface area is 109 Å². The van der Waals surface area contributed by atoms with Crippen LogP contribution in [0.15, 0.2) is 22.9 Å². The molecule has 106 valence electrons. The SMILES string of the molecule is NC(=O)OCc1ccc(-c2noc(C(F)(F)F)n2)nc1. The zero-order chi connectivity index (χ0) is 14.8. The average Bonchev–Trinajstić information content (AvgIpc) is 2.86. The number of pyridine rings is 1. The summed E-state index contributed by atoms with van der Waals surface area (Å²) in [6.07, 6.45) is -4.36. The summed E-state index contributed by atoms with van der Waals surface area (Å²) in [5.41, 5.74) is 5.38. The molecule has 0 atom stereocenters. The third kappa shape index (κ3) is 3.22. The summed E-state index contributed by atoms with van der Waals surface area (Å²) in [6, 6.07) is 2.85. The summed E-state index contributed by atoms with van der Waals surface area (Å²) in [7, 11) is 0. The van der Waals surface area contributed by atoms with Crippen LogP contribution < -0.4 is 5.73 Å². The van der Waals surface area contributed by atoms with Gasteiger partial charge in [0.25, 0.3) is 0 Å². The van der Waals surface area contributed by atoms with E-state index in [1.54, 1.807) is 0 Å². The first-order chi connectivity index (χ1) is 9.36. The van der Waals surface area contributed by atoms with Gasteiger partial charge in [-0.15, -0.1) is 0 Å². The first-order valence-corrected chi connectivity index (χ1v) is 5.14. The standard InChI is InChI=1S/C10H7F3N4O3/c11-10(12,13)8-16-7(17-20-8)6-2-1-5(3-15-6)4-19-9(14)18/h1-3H,4H2,(H2,14,18). The van der Waals surface area contributed by atoms with Gasteiger partial charge >= 0.3 is 18.2 Å². The number of primary amides is 1. The fourth-order valence-electron chi connectivity index (χ4n) is 1.24. The maximum atomic E-state index is 12.3. The topological polar surface area (TPSA) is 104 Å². The molecule has 20 heavy (non-hydrogen) atoms. The molecule has 2 heterocycles.